The van der Waals surface area contributed by atoms with Crippen molar-refractivity contribution in [3.63, 3.8) is 0 Å². The topological polar surface area (TPSA) is 77.5 Å². The summed E-state index contributed by atoms with van der Waals surface area (Å²) in [6, 6.07) is 3.73. The summed E-state index contributed by atoms with van der Waals surface area (Å²) in [6.07, 6.45) is 0. The van der Waals surface area contributed by atoms with Gasteiger partial charge in [0.25, 0.3) is 5.91 Å². The van der Waals surface area contributed by atoms with E-state index in [0.717, 1.165) is 25.8 Å². The smallest absolute Gasteiger partial charge is 0.350 e. The van der Waals surface area contributed by atoms with Gasteiger partial charge in [0.05, 0.1) is 17.3 Å². The molecule has 0 spiro atoms. The van der Waals surface area contributed by atoms with Crippen LogP contribution in [-0.4, -0.2) is 30.6 Å². The lowest BCUT2D eigenvalue weighted by atomic mass is 10.2. The number of hydrogen-bond donors (Lipinski definition) is 1. The molecule has 24 heavy (non-hydrogen) atoms. The maximum Gasteiger partial charge on any atom is 0.350 e. The van der Waals surface area contributed by atoms with Crippen molar-refractivity contribution in [3.05, 3.63) is 37.2 Å². The van der Waals surface area contributed by atoms with Crippen LogP contribution in [0.25, 0.3) is 0 Å². The van der Waals surface area contributed by atoms with Gasteiger partial charge in [-0.3, -0.25) is 10.1 Å². The molecular formula is C15H14Br2N2O4S. The van der Waals surface area contributed by atoms with Crippen LogP contribution >= 0.6 is 43.2 Å². The van der Waals surface area contributed by atoms with Crippen molar-refractivity contribution in [3.8, 4) is 5.75 Å². The minimum Gasteiger partial charge on any atom is -0.482 e. The Morgan fingerprint density at radius 2 is 2.00 bits per heavy atom. The van der Waals surface area contributed by atoms with E-state index in [1.807, 2.05) is 19.1 Å². The number of thiazole rings is 1. The molecule has 2 rings (SSSR count). The number of aryl methyl sites for hydroxylation is 2. The Hall–Kier alpha value is -1.45. The number of hydrogen-bond acceptors (Lipinski definition) is 6. The molecule has 9 heteroatoms. The molecule has 2 aromatic rings. The SMILES string of the molecule is COC(=O)c1sc(NC(=O)COc2c(C)cc(Br)cc2Br)nc1C. The van der Waals surface area contributed by atoms with E-state index in [0.29, 0.717) is 21.5 Å². The number of benzene rings is 1. The molecule has 0 aliphatic carbocycles. The molecule has 0 fully saturated rings. The number of carbonyl (C=O) groups excluding carboxylic acids is 2. The number of carbonyl (C=O) groups is 2. The first kappa shape index (κ1) is 18.9. The highest BCUT2D eigenvalue weighted by Crippen LogP contribution is 2.32. The number of ether oxygens (including phenoxy) is 2. The lowest BCUT2D eigenvalue weighted by Gasteiger charge is -2.11. The molecule has 0 aliphatic heterocycles. The van der Waals surface area contributed by atoms with Crippen molar-refractivity contribution < 1.29 is 19.1 Å². The van der Waals surface area contributed by atoms with Gasteiger partial charge in [-0.1, -0.05) is 27.3 Å². The van der Waals surface area contributed by atoms with Crippen molar-refractivity contribution >= 4 is 60.2 Å². The molecule has 0 atom stereocenters. The van der Waals surface area contributed by atoms with Gasteiger partial charge in [-0.05, 0) is 47.5 Å². The average Bonchev–Trinajstić information content (AvgIpc) is 2.85. The predicted octanol–water partition coefficient (Wildman–Crippen LogP) is 4.09. The van der Waals surface area contributed by atoms with Gasteiger partial charge in [0.2, 0.25) is 0 Å². The number of aromatic nitrogens is 1. The normalized spacial score (nSPS) is 10.4. The molecule has 1 aromatic heterocycles. The Bertz CT molecular complexity index is 769. The number of nitrogens with one attached hydrogen (secondary N) is 1. The fraction of sp³-hybridized carbons (Fsp3) is 0.267. The van der Waals surface area contributed by atoms with Gasteiger partial charge in [0.15, 0.2) is 11.7 Å². The van der Waals surface area contributed by atoms with Crippen molar-refractivity contribution in [1.29, 1.82) is 0 Å². The van der Waals surface area contributed by atoms with Crippen molar-refractivity contribution in [1.82, 2.24) is 4.98 Å². The summed E-state index contributed by atoms with van der Waals surface area (Å²) in [6.45, 7) is 3.39. The summed E-state index contributed by atoms with van der Waals surface area (Å²) < 4.78 is 11.9. The molecule has 1 heterocycles. The first-order chi connectivity index (χ1) is 11.3. The number of halogens is 2. The van der Waals surface area contributed by atoms with Gasteiger partial charge in [-0.15, -0.1) is 0 Å². The molecule has 1 aromatic carbocycles. The van der Waals surface area contributed by atoms with E-state index in [2.05, 4.69) is 46.9 Å². The van der Waals surface area contributed by atoms with Crippen LogP contribution in [-0.2, 0) is 9.53 Å². The monoisotopic (exact) mass is 476 g/mol. The highest BCUT2D eigenvalue weighted by molar-refractivity contribution is 9.11. The Morgan fingerprint density at radius 1 is 1.29 bits per heavy atom. The molecule has 6 nitrogen and oxygen atoms in total. The van der Waals surface area contributed by atoms with Crippen LogP contribution in [0, 0.1) is 13.8 Å². The van der Waals surface area contributed by atoms with Gasteiger partial charge >= 0.3 is 5.97 Å². The molecular weight excluding hydrogens is 464 g/mol. The Labute approximate surface area is 159 Å². The zero-order valence-corrected chi connectivity index (χ0v) is 17.1. The zero-order valence-electron chi connectivity index (χ0n) is 13.1. The average molecular weight is 478 g/mol. The second-order valence-corrected chi connectivity index (χ2v) is 7.56. The summed E-state index contributed by atoms with van der Waals surface area (Å²) >= 11 is 7.85. The summed E-state index contributed by atoms with van der Waals surface area (Å²) in [5, 5.41) is 2.94. The highest BCUT2D eigenvalue weighted by atomic mass is 79.9. The molecule has 0 unspecified atom stereocenters. The number of amides is 1. The van der Waals surface area contributed by atoms with Crippen LogP contribution in [0.3, 0.4) is 0 Å². The molecule has 0 saturated heterocycles. The van der Waals surface area contributed by atoms with E-state index in [9.17, 15) is 9.59 Å². The molecule has 1 N–H and O–H groups in total. The van der Waals surface area contributed by atoms with Crippen LogP contribution in [0.4, 0.5) is 5.13 Å². The van der Waals surface area contributed by atoms with Crippen molar-refractivity contribution in [2.24, 2.45) is 0 Å². The van der Waals surface area contributed by atoms with Crippen molar-refractivity contribution in [2.75, 3.05) is 19.0 Å². The third-order valence-electron chi connectivity index (χ3n) is 2.96. The fourth-order valence-corrected chi connectivity index (χ4v) is 4.35. The van der Waals surface area contributed by atoms with Crippen molar-refractivity contribution in [2.45, 2.75) is 13.8 Å². The van der Waals surface area contributed by atoms with E-state index in [1.54, 1.807) is 6.92 Å². The number of anilines is 1. The van der Waals surface area contributed by atoms with Gasteiger partial charge in [-0.2, -0.15) is 0 Å². The number of rotatable bonds is 5. The van der Waals surface area contributed by atoms with Gasteiger partial charge in [-0.25, -0.2) is 9.78 Å². The maximum absolute atomic E-state index is 12.0. The molecule has 1 amide bonds. The van der Waals surface area contributed by atoms with E-state index in [1.165, 1.54) is 7.11 Å². The number of methoxy groups -OCH3 is 1. The van der Waals surface area contributed by atoms with E-state index in [-0.39, 0.29) is 12.5 Å². The number of nitrogens with zero attached hydrogens (tertiary/aromatic N) is 1. The van der Waals surface area contributed by atoms with E-state index < -0.39 is 5.97 Å². The van der Waals surface area contributed by atoms with Gasteiger partial charge < -0.3 is 9.47 Å². The minimum absolute atomic E-state index is 0.173. The molecule has 0 radical (unpaired) electrons. The Kier molecular flexibility index (Phi) is 6.36. The van der Waals surface area contributed by atoms with E-state index >= 15 is 0 Å². The van der Waals surface area contributed by atoms with Crippen LogP contribution in [0.1, 0.15) is 20.9 Å². The molecule has 0 aliphatic rings. The van der Waals surface area contributed by atoms with Gasteiger partial charge in [0, 0.05) is 4.47 Å². The maximum atomic E-state index is 12.0. The third kappa shape index (κ3) is 4.55. The van der Waals surface area contributed by atoms with E-state index in [4.69, 9.17) is 4.74 Å². The third-order valence-corrected chi connectivity index (χ3v) is 5.06. The standard InChI is InChI=1S/C15H14Br2N2O4S/c1-7-4-9(16)5-10(17)12(7)23-6-11(20)19-15-18-8(2)13(24-15)14(21)22-3/h4-5H,6H2,1-3H3,(H,18,19,20). The Morgan fingerprint density at radius 3 is 2.62 bits per heavy atom. The van der Waals surface area contributed by atoms with Crippen LogP contribution in [0.5, 0.6) is 5.75 Å². The molecule has 0 bridgehead atoms. The number of esters is 1. The summed E-state index contributed by atoms with van der Waals surface area (Å²) in [5.41, 5.74) is 1.40. The largest absolute Gasteiger partial charge is 0.482 e. The summed E-state index contributed by atoms with van der Waals surface area (Å²) in [5.74, 6) is -0.246. The predicted molar refractivity (Wildman–Crippen MR) is 98.9 cm³/mol. The molecule has 128 valence electrons. The van der Waals surface area contributed by atoms with Crippen LogP contribution < -0.4 is 10.1 Å². The summed E-state index contributed by atoms with van der Waals surface area (Å²) in [4.78, 5) is 28.1. The van der Waals surface area contributed by atoms with Crippen LogP contribution in [0.2, 0.25) is 0 Å². The van der Waals surface area contributed by atoms with Crippen LogP contribution in [0.15, 0.2) is 21.1 Å². The molecule has 0 saturated carbocycles. The lowest BCUT2D eigenvalue weighted by Crippen LogP contribution is -2.20. The first-order valence-corrected chi connectivity index (χ1v) is 9.16. The lowest BCUT2D eigenvalue weighted by molar-refractivity contribution is -0.118. The summed E-state index contributed by atoms with van der Waals surface area (Å²) in [7, 11) is 1.30. The highest BCUT2D eigenvalue weighted by Gasteiger charge is 2.17. The zero-order chi connectivity index (χ0) is 17.9. The first-order valence-electron chi connectivity index (χ1n) is 6.76. The van der Waals surface area contributed by atoms with Gasteiger partial charge in [0.1, 0.15) is 10.6 Å². The Balaban J connectivity index is 2.01. The quantitative estimate of drug-likeness (QED) is 0.656. The minimum atomic E-state index is -0.476. The fourth-order valence-electron chi connectivity index (χ4n) is 1.90. The second kappa shape index (κ2) is 8.09. The second-order valence-electron chi connectivity index (χ2n) is 4.80.